The zero-order chi connectivity index (χ0) is 11.9. The van der Waals surface area contributed by atoms with Crippen molar-refractivity contribution in [2.24, 2.45) is 0 Å². The van der Waals surface area contributed by atoms with Crippen molar-refractivity contribution in [1.29, 1.82) is 0 Å². The Morgan fingerprint density at radius 1 is 1.41 bits per heavy atom. The Kier molecular flexibility index (Phi) is 2.53. The molecule has 1 N–H and O–H groups in total. The highest BCUT2D eigenvalue weighted by atomic mass is 32.1. The molecule has 1 heterocycles. The number of thiazole rings is 1. The number of nitrogens with zero attached hydrogens (tertiary/aromatic N) is 1. The number of hydrogen-bond donors (Lipinski definition) is 1. The summed E-state index contributed by atoms with van der Waals surface area (Å²) in [5, 5.41) is 13.9. The molecule has 2 aromatic rings. The van der Waals surface area contributed by atoms with Gasteiger partial charge in [-0.05, 0) is 30.9 Å². The van der Waals surface area contributed by atoms with Crippen LogP contribution in [-0.4, -0.2) is 10.1 Å². The van der Waals surface area contributed by atoms with E-state index in [9.17, 15) is 5.11 Å². The fourth-order valence-electron chi connectivity index (χ4n) is 2.64. The van der Waals surface area contributed by atoms with E-state index < -0.39 is 5.60 Å². The molecule has 1 aliphatic carbocycles. The number of aryl methyl sites for hydroxylation is 2. The van der Waals surface area contributed by atoms with E-state index in [1.165, 1.54) is 5.56 Å². The van der Waals surface area contributed by atoms with Crippen LogP contribution in [0, 0.1) is 6.92 Å². The van der Waals surface area contributed by atoms with Crippen LogP contribution in [0.3, 0.4) is 0 Å². The number of aromatic nitrogens is 1. The van der Waals surface area contributed by atoms with Crippen LogP contribution in [0.15, 0.2) is 29.6 Å². The third kappa shape index (κ3) is 1.90. The summed E-state index contributed by atoms with van der Waals surface area (Å²) in [5.41, 5.74) is 2.66. The molecule has 0 bridgehead atoms. The molecule has 0 amide bonds. The molecule has 1 unspecified atom stereocenters. The summed E-state index contributed by atoms with van der Waals surface area (Å²) in [6, 6.07) is 8.19. The zero-order valence-electron chi connectivity index (χ0n) is 9.81. The zero-order valence-corrected chi connectivity index (χ0v) is 10.6. The fraction of sp³-hybridized carbons (Fsp3) is 0.357. The largest absolute Gasteiger partial charge is 0.385 e. The normalized spacial score (nSPS) is 22.7. The Balaban J connectivity index is 1.93. The first-order valence-electron chi connectivity index (χ1n) is 5.89. The summed E-state index contributed by atoms with van der Waals surface area (Å²) in [5.74, 6) is 0. The van der Waals surface area contributed by atoms with E-state index in [2.05, 4.69) is 11.1 Å². The number of fused-ring (bicyclic) bond motifs is 1. The SMILES string of the molecule is Cc1nc(CC2(O)CCc3ccccc32)cs1. The average molecular weight is 245 g/mol. The van der Waals surface area contributed by atoms with Gasteiger partial charge >= 0.3 is 0 Å². The molecule has 3 heteroatoms. The first-order chi connectivity index (χ1) is 8.17. The van der Waals surface area contributed by atoms with Crippen molar-refractivity contribution in [2.45, 2.75) is 31.8 Å². The third-order valence-electron chi connectivity index (χ3n) is 3.47. The number of hydrogen-bond acceptors (Lipinski definition) is 3. The Morgan fingerprint density at radius 2 is 2.24 bits per heavy atom. The van der Waals surface area contributed by atoms with Gasteiger partial charge in [-0.3, -0.25) is 0 Å². The van der Waals surface area contributed by atoms with Gasteiger partial charge in [-0.1, -0.05) is 24.3 Å². The monoisotopic (exact) mass is 245 g/mol. The summed E-state index contributed by atoms with van der Waals surface area (Å²) < 4.78 is 0. The predicted octanol–water partition coefficient (Wildman–Crippen LogP) is 2.83. The van der Waals surface area contributed by atoms with Gasteiger partial charge in [0, 0.05) is 11.8 Å². The molecule has 0 saturated heterocycles. The first kappa shape index (κ1) is 10.9. The Morgan fingerprint density at radius 3 is 3.00 bits per heavy atom. The second-order valence-corrected chi connectivity index (χ2v) is 5.79. The summed E-state index contributed by atoms with van der Waals surface area (Å²) >= 11 is 1.65. The van der Waals surface area contributed by atoms with E-state index in [0.29, 0.717) is 6.42 Å². The maximum Gasteiger partial charge on any atom is 0.0957 e. The van der Waals surface area contributed by atoms with Gasteiger partial charge in [0.2, 0.25) is 0 Å². The van der Waals surface area contributed by atoms with Crippen LogP contribution in [0.4, 0.5) is 0 Å². The summed E-state index contributed by atoms with van der Waals surface area (Å²) in [6.07, 6.45) is 2.41. The molecule has 1 aliphatic rings. The van der Waals surface area contributed by atoms with Gasteiger partial charge in [-0.25, -0.2) is 4.98 Å². The minimum absolute atomic E-state index is 0.633. The van der Waals surface area contributed by atoms with Crippen molar-refractivity contribution in [1.82, 2.24) is 4.98 Å². The lowest BCUT2D eigenvalue weighted by Crippen LogP contribution is -2.25. The van der Waals surface area contributed by atoms with Crippen LogP contribution in [0.5, 0.6) is 0 Å². The number of rotatable bonds is 2. The Labute approximate surface area is 105 Å². The van der Waals surface area contributed by atoms with E-state index in [-0.39, 0.29) is 0 Å². The van der Waals surface area contributed by atoms with Crippen molar-refractivity contribution in [3.63, 3.8) is 0 Å². The smallest absolute Gasteiger partial charge is 0.0957 e. The molecule has 88 valence electrons. The molecule has 1 aromatic carbocycles. The lowest BCUT2D eigenvalue weighted by Gasteiger charge is -2.22. The molecule has 0 saturated carbocycles. The van der Waals surface area contributed by atoms with Gasteiger partial charge < -0.3 is 5.11 Å². The third-order valence-corrected chi connectivity index (χ3v) is 4.29. The van der Waals surface area contributed by atoms with E-state index >= 15 is 0 Å². The van der Waals surface area contributed by atoms with E-state index in [0.717, 1.165) is 29.1 Å². The molecular formula is C14H15NOS. The van der Waals surface area contributed by atoms with Crippen LogP contribution in [-0.2, 0) is 18.4 Å². The fourth-order valence-corrected chi connectivity index (χ4v) is 3.25. The molecular weight excluding hydrogens is 230 g/mol. The molecule has 17 heavy (non-hydrogen) atoms. The lowest BCUT2D eigenvalue weighted by molar-refractivity contribution is 0.0381. The van der Waals surface area contributed by atoms with E-state index in [1.807, 2.05) is 30.5 Å². The number of aliphatic hydroxyl groups is 1. The van der Waals surface area contributed by atoms with Crippen LogP contribution >= 0.6 is 11.3 Å². The topological polar surface area (TPSA) is 33.1 Å². The average Bonchev–Trinajstić information content (AvgIpc) is 2.86. The molecule has 0 fully saturated rings. The second-order valence-electron chi connectivity index (χ2n) is 4.72. The molecule has 0 aliphatic heterocycles. The van der Waals surface area contributed by atoms with Gasteiger partial charge in [0.05, 0.1) is 16.3 Å². The van der Waals surface area contributed by atoms with Gasteiger partial charge in [-0.15, -0.1) is 11.3 Å². The van der Waals surface area contributed by atoms with E-state index in [1.54, 1.807) is 11.3 Å². The standard InChI is InChI=1S/C14H15NOS/c1-10-15-12(9-17-10)8-14(16)7-6-11-4-2-3-5-13(11)14/h2-5,9,16H,6-8H2,1H3. The van der Waals surface area contributed by atoms with Gasteiger partial charge in [0.1, 0.15) is 0 Å². The first-order valence-corrected chi connectivity index (χ1v) is 6.77. The molecule has 3 rings (SSSR count). The van der Waals surface area contributed by atoms with Crippen LogP contribution in [0.1, 0.15) is 28.2 Å². The Hall–Kier alpha value is -1.19. The maximum absolute atomic E-state index is 10.8. The van der Waals surface area contributed by atoms with Crippen molar-refractivity contribution >= 4 is 11.3 Å². The quantitative estimate of drug-likeness (QED) is 0.882. The molecule has 1 atom stereocenters. The summed E-state index contributed by atoms with van der Waals surface area (Å²) in [6.45, 7) is 2.00. The van der Waals surface area contributed by atoms with Crippen LogP contribution < -0.4 is 0 Å². The van der Waals surface area contributed by atoms with Crippen LogP contribution in [0.2, 0.25) is 0 Å². The highest BCUT2D eigenvalue weighted by Gasteiger charge is 2.36. The highest BCUT2D eigenvalue weighted by Crippen LogP contribution is 2.39. The van der Waals surface area contributed by atoms with Crippen LogP contribution in [0.25, 0.3) is 0 Å². The minimum atomic E-state index is -0.711. The number of benzene rings is 1. The molecule has 0 spiro atoms. The van der Waals surface area contributed by atoms with Gasteiger partial charge in [0.15, 0.2) is 0 Å². The van der Waals surface area contributed by atoms with Gasteiger partial charge in [0.25, 0.3) is 0 Å². The van der Waals surface area contributed by atoms with Crippen molar-refractivity contribution in [2.75, 3.05) is 0 Å². The van der Waals surface area contributed by atoms with Crippen molar-refractivity contribution < 1.29 is 5.11 Å². The summed E-state index contributed by atoms with van der Waals surface area (Å²) in [7, 11) is 0. The van der Waals surface area contributed by atoms with Gasteiger partial charge in [-0.2, -0.15) is 0 Å². The van der Waals surface area contributed by atoms with Crippen molar-refractivity contribution in [3.05, 3.63) is 51.5 Å². The molecule has 2 nitrogen and oxygen atoms in total. The minimum Gasteiger partial charge on any atom is -0.385 e. The van der Waals surface area contributed by atoms with Crippen molar-refractivity contribution in [3.8, 4) is 0 Å². The maximum atomic E-state index is 10.8. The molecule has 0 radical (unpaired) electrons. The second kappa shape index (κ2) is 3.93. The molecule has 1 aromatic heterocycles. The summed E-state index contributed by atoms with van der Waals surface area (Å²) in [4.78, 5) is 4.45. The predicted molar refractivity (Wildman–Crippen MR) is 69.2 cm³/mol. The Bertz CT molecular complexity index is 549. The highest BCUT2D eigenvalue weighted by molar-refractivity contribution is 7.09. The van der Waals surface area contributed by atoms with E-state index in [4.69, 9.17) is 0 Å². The lowest BCUT2D eigenvalue weighted by atomic mass is 9.91.